The summed E-state index contributed by atoms with van der Waals surface area (Å²) in [7, 11) is 0. The first kappa shape index (κ1) is 12.8. The molecule has 4 heteroatoms. The molecule has 0 unspecified atom stereocenters. The van der Waals surface area contributed by atoms with Gasteiger partial charge in [0.2, 0.25) is 0 Å². The van der Waals surface area contributed by atoms with Gasteiger partial charge in [-0.2, -0.15) is 5.10 Å². The number of nitrogens with zero attached hydrogens (tertiary/aromatic N) is 2. The zero-order valence-electron chi connectivity index (χ0n) is 10.8. The van der Waals surface area contributed by atoms with Gasteiger partial charge in [-0.3, -0.25) is 9.48 Å². The molecule has 94 valence electrons. The van der Waals surface area contributed by atoms with Crippen molar-refractivity contribution in [3.05, 3.63) is 45.4 Å². The molecule has 0 saturated heterocycles. The molecule has 0 saturated carbocycles. The molecule has 0 bridgehead atoms. The molecule has 0 spiro atoms. The molecule has 3 nitrogen and oxygen atoms in total. The van der Waals surface area contributed by atoms with Crippen molar-refractivity contribution in [2.75, 3.05) is 0 Å². The Labute approximate surface area is 111 Å². The lowest BCUT2D eigenvalue weighted by atomic mass is 10.2. The summed E-state index contributed by atoms with van der Waals surface area (Å²) in [5.74, 6) is 0.0525. The fourth-order valence-electron chi connectivity index (χ4n) is 1.67. The second kappa shape index (κ2) is 5.31. The molecule has 0 aliphatic rings. The summed E-state index contributed by atoms with van der Waals surface area (Å²) >= 11 is 1.52. The van der Waals surface area contributed by atoms with Crippen molar-refractivity contribution >= 4 is 23.2 Å². The maximum absolute atomic E-state index is 11.9. The molecular formula is C14H16N2OS. The van der Waals surface area contributed by atoms with Gasteiger partial charge in [-0.15, -0.1) is 11.3 Å². The van der Waals surface area contributed by atoms with E-state index in [1.165, 1.54) is 11.3 Å². The minimum Gasteiger partial charge on any atom is -0.288 e. The number of carbonyl (C=O) groups is 1. The molecule has 0 aliphatic carbocycles. The van der Waals surface area contributed by atoms with Crippen molar-refractivity contribution in [3.8, 4) is 0 Å². The Balaban J connectivity index is 2.15. The first-order valence-corrected chi connectivity index (χ1v) is 6.74. The molecule has 2 aromatic rings. The maximum atomic E-state index is 11.9. The molecule has 2 heterocycles. The lowest BCUT2D eigenvalue weighted by molar-refractivity contribution is 0.105. The van der Waals surface area contributed by atoms with E-state index < -0.39 is 0 Å². The molecule has 0 radical (unpaired) electrons. The normalized spacial score (nSPS) is 11.3. The summed E-state index contributed by atoms with van der Waals surface area (Å²) in [5, 5.41) is 4.34. The topological polar surface area (TPSA) is 34.9 Å². The monoisotopic (exact) mass is 260 g/mol. The van der Waals surface area contributed by atoms with Gasteiger partial charge in [0.15, 0.2) is 5.78 Å². The van der Waals surface area contributed by atoms with Crippen molar-refractivity contribution in [1.82, 2.24) is 9.78 Å². The third kappa shape index (κ3) is 2.76. The van der Waals surface area contributed by atoms with Gasteiger partial charge in [0.1, 0.15) is 0 Å². The van der Waals surface area contributed by atoms with E-state index in [-0.39, 0.29) is 5.78 Å². The van der Waals surface area contributed by atoms with Gasteiger partial charge < -0.3 is 0 Å². The average Bonchev–Trinajstić information content (AvgIpc) is 2.92. The lowest BCUT2D eigenvalue weighted by Crippen LogP contribution is -1.93. The van der Waals surface area contributed by atoms with Gasteiger partial charge >= 0.3 is 0 Å². The molecule has 0 N–H and O–H groups in total. The van der Waals surface area contributed by atoms with Crippen LogP contribution in [-0.4, -0.2) is 15.6 Å². The van der Waals surface area contributed by atoms with Crippen molar-refractivity contribution in [3.63, 3.8) is 0 Å². The van der Waals surface area contributed by atoms with Crippen LogP contribution in [0.1, 0.15) is 32.7 Å². The van der Waals surface area contributed by atoms with Crippen LogP contribution < -0.4 is 0 Å². The molecule has 0 amide bonds. The Morgan fingerprint density at radius 1 is 1.44 bits per heavy atom. The highest BCUT2D eigenvalue weighted by Crippen LogP contribution is 2.17. The number of rotatable bonds is 4. The third-order valence-corrected chi connectivity index (χ3v) is 3.72. The number of ketones is 1. The van der Waals surface area contributed by atoms with Crippen molar-refractivity contribution < 1.29 is 4.79 Å². The lowest BCUT2D eigenvalue weighted by Gasteiger charge is -1.90. The van der Waals surface area contributed by atoms with Crippen LogP contribution in [-0.2, 0) is 6.54 Å². The Morgan fingerprint density at radius 3 is 2.78 bits per heavy atom. The first-order chi connectivity index (χ1) is 8.60. The van der Waals surface area contributed by atoms with E-state index in [1.54, 1.807) is 6.08 Å². The highest BCUT2D eigenvalue weighted by molar-refractivity contribution is 7.14. The van der Waals surface area contributed by atoms with Crippen LogP contribution in [0.3, 0.4) is 0 Å². The van der Waals surface area contributed by atoms with E-state index in [1.807, 2.05) is 49.9 Å². The van der Waals surface area contributed by atoms with Crippen LogP contribution in [0, 0.1) is 13.8 Å². The zero-order valence-corrected chi connectivity index (χ0v) is 11.6. The SMILES string of the molecule is CCn1cc(/C=C/C(=O)c2ccc(C)s2)c(C)n1. The Kier molecular flexibility index (Phi) is 3.77. The van der Waals surface area contributed by atoms with Gasteiger partial charge in [-0.25, -0.2) is 0 Å². The molecule has 2 rings (SSSR count). The summed E-state index contributed by atoms with van der Waals surface area (Å²) in [5.41, 5.74) is 1.95. The quantitative estimate of drug-likeness (QED) is 0.623. The molecule has 2 aromatic heterocycles. The van der Waals surface area contributed by atoms with Gasteiger partial charge in [0, 0.05) is 23.2 Å². The summed E-state index contributed by atoms with van der Waals surface area (Å²) in [6.45, 7) is 6.83. The Hall–Kier alpha value is -1.68. The zero-order chi connectivity index (χ0) is 13.1. The van der Waals surface area contributed by atoms with E-state index in [2.05, 4.69) is 5.10 Å². The molecule has 0 fully saturated rings. The minimum absolute atomic E-state index is 0.0525. The first-order valence-electron chi connectivity index (χ1n) is 5.93. The summed E-state index contributed by atoms with van der Waals surface area (Å²) in [6.07, 6.45) is 5.42. The maximum Gasteiger partial charge on any atom is 0.195 e. The summed E-state index contributed by atoms with van der Waals surface area (Å²) < 4.78 is 1.87. The Bertz CT molecular complexity index is 593. The van der Waals surface area contributed by atoms with E-state index in [0.29, 0.717) is 0 Å². The van der Waals surface area contributed by atoms with Crippen LogP contribution in [0.25, 0.3) is 6.08 Å². The fraction of sp³-hybridized carbons (Fsp3) is 0.286. The van der Waals surface area contributed by atoms with Gasteiger partial charge in [0.05, 0.1) is 10.6 Å². The predicted octanol–water partition coefficient (Wildman–Crippen LogP) is 3.48. The van der Waals surface area contributed by atoms with Crippen molar-refractivity contribution in [1.29, 1.82) is 0 Å². The van der Waals surface area contributed by atoms with Gasteiger partial charge in [-0.1, -0.05) is 0 Å². The van der Waals surface area contributed by atoms with Gasteiger partial charge in [-0.05, 0) is 45.1 Å². The van der Waals surface area contributed by atoms with Crippen LogP contribution >= 0.6 is 11.3 Å². The van der Waals surface area contributed by atoms with E-state index in [0.717, 1.165) is 27.6 Å². The second-order valence-corrected chi connectivity index (χ2v) is 5.42. The summed E-state index contributed by atoms with van der Waals surface area (Å²) in [6, 6.07) is 3.83. The van der Waals surface area contributed by atoms with Crippen LogP contribution in [0.5, 0.6) is 0 Å². The molecule has 0 atom stereocenters. The third-order valence-electron chi connectivity index (χ3n) is 2.71. The van der Waals surface area contributed by atoms with E-state index in [9.17, 15) is 4.79 Å². The summed E-state index contributed by atoms with van der Waals surface area (Å²) in [4.78, 5) is 13.9. The number of allylic oxidation sites excluding steroid dienone is 1. The van der Waals surface area contributed by atoms with Crippen LogP contribution in [0.4, 0.5) is 0 Å². The minimum atomic E-state index is 0.0525. The van der Waals surface area contributed by atoms with Crippen LogP contribution in [0.2, 0.25) is 0 Å². The number of aromatic nitrogens is 2. The largest absolute Gasteiger partial charge is 0.288 e. The van der Waals surface area contributed by atoms with Crippen molar-refractivity contribution in [2.24, 2.45) is 0 Å². The Morgan fingerprint density at radius 2 is 2.22 bits per heavy atom. The highest BCUT2D eigenvalue weighted by Gasteiger charge is 2.05. The number of aryl methyl sites for hydroxylation is 3. The number of hydrogen-bond acceptors (Lipinski definition) is 3. The fourth-order valence-corrected chi connectivity index (χ4v) is 2.46. The number of carbonyl (C=O) groups excluding carboxylic acids is 1. The predicted molar refractivity (Wildman–Crippen MR) is 75.1 cm³/mol. The molecule has 0 aliphatic heterocycles. The van der Waals surface area contributed by atoms with Gasteiger partial charge in [0.25, 0.3) is 0 Å². The standard InChI is InChI=1S/C14H16N2OS/c1-4-16-9-12(11(3)15-16)6-7-13(17)14-8-5-10(2)18-14/h5-9H,4H2,1-3H3/b7-6+. The van der Waals surface area contributed by atoms with Crippen LogP contribution in [0.15, 0.2) is 24.4 Å². The van der Waals surface area contributed by atoms with E-state index in [4.69, 9.17) is 0 Å². The van der Waals surface area contributed by atoms with Crippen molar-refractivity contribution in [2.45, 2.75) is 27.3 Å². The highest BCUT2D eigenvalue weighted by atomic mass is 32.1. The average molecular weight is 260 g/mol. The molecule has 18 heavy (non-hydrogen) atoms. The number of thiophene rings is 1. The van der Waals surface area contributed by atoms with E-state index >= 15 is 0 Å². The molecule has 0 aromatic carbocycles. The molecular weight excluding hydrogens is 244 g/mol. The second-order valence-electron chi connectivity index (χ2n) is 4.13. The smallest absolute Gasteiger partial charge is 0.195 e. The number of hydrogen-bond donors (Lipinski definition) is 0.